The molecule has 0 spiro atoms. The summed E-state index contributed by atoms with van der Waals surface area (Å²) in [4.78, 5) is 16.9. The number of hydrogen-bond donors (Lipinski definition) is 1. The number of anilines is 1. The molecule has 0 aliphatic heterocycles. The van der Waals surface area contributed by atoms with Crippen LogP contribution in [0.25, 0.3) is 22.2 Å². The van der Waals surface area contributed by atoms with E-state index in [1.165, 1.54) is 0 Å². The molecule has 8 nitrogen and oxygen atoms in total. The van der Waals surface area contributed by atoms with Crippen molar-refractivity contribution in [3.8, 4) is 17.0 Å². The highest BCUT2D eigenvalue weighted by molar-refractivity contribution is 5.99. The highest BCUT2D eigenvalue weighted by atomic mass is 16.5. The summed E-state index contributed by atoms with van der Waals surface area (Å²) < 4.78 is 8.84. The first-order valence-corrected chi connectivity index (χ1v) is 9.47. The van der Waals surface area contributed by atoms with Gasteiger partial charge in [-0.15, -0.1) is 0 Å². The van der Waals surface area contributed by atoms with Crippen molar-refractivity contribution in [3.63, 3.8) is 0 Å². The van der Waals surface area contributed by atoms with Crippen molar-refractivity contribution in [1.82, 2.24) is 24.5 Å². The molecule has 0 radical (unpaired) electrons. The molecular formula is C21H22N6O2. The van der Waals surface area contributed by atoms with Gasteiger partial charge >= 0.3 is 0 Å². The predicted octanol–water partition coefficient (Wildman–Crippen LogP) is 3.35. The summed E-state index contributed by atoms with van der Waals surface area (Å²) >= 11 is 0. The van der Waals surface area contributed by atoms with Gasteiger partial charge in [0.2, 0.25) is 5.91 Å². The minimum atomic E-state index is -0.195. The van der Waals surface area contributed by atoms with Crippen molar-refractivity contribution >= 4 is 22.6 Å². The van der Waals surface area contributed by atoms with Crippen molar-refractivity contribution < 1.29 is 9.53 Å². The Hall–Kier alpha value is -3.68. The van der Waals surface area contributed by atoms with Crippen LogP contribution in [0.1, 0.15) is 13.3 Å². The van der Waals surface area contributed by atoms with Gasteiger partial charge in [0.15, 0.2) is 5.82 Å². The molecule has 0 saturated carbocycles. The van der Waals surface area contributed by atoms with Gasteiger partial charge in [0, 0.05) is 29.9 Å². The highest BCUT2D eigenvalue weighted by Gasteiger charge is 2.14. The number of para-hydroxylation sites is 1. The summed E-state index contributed by atoms with van der Waals surface area (Å²) in [6.45, 7) is 2.97. The van der Waals surface area contributed by atoms with Crippen molar-refractivity contribution in [1.29, 1.82) is 0 Å². The lowest BCUT2D eigenvalue weighted by molar-refractivity contribution is -0.116. The molecule has 1 N–H and O–H groups in total. The number of carbonyl (C=O) groups excluding carboxylic acids is 1. The SMILES string of the molecule is CCCn1nc(NC(=O)Cn2cc(-c3ncccc3OC)cn2)c2ccccc21. The number of benzene rings is 1. The molecule has 3 aromatic heterocycles. The number of rotatable bonds is 7. The molecule has 3 heterocycles. The first kappa shape index (κ1) is 18.7. The summed E-state index contributed by atoms with van der Waals surface area (Å²) in [6.07, 6.45) is 6.10. The predicted molar refractivity (Wildman–Crippen MR) is 111 cm³/mol. The van der Waals surface area contributed by atoms with E-state index < -0.39 is 0 Å². The number of aryl methyl sites for hydroxylation is 1. The smallest absolute Gasteiger partial charge is 0.247 e. The maximum Gasteiger partial charge on any atom is 0.247 e. The van der Waals surface area contributed by atoms with Crippen molar-refractivity contribution in [2.45, 2.75) is 26.4 Å². The lowest BCUT2D eigenvalue weighted by Gasteiger charge is -2.04. The number of nitrogens with one attached hydrogen (secondary N) is 1. The van der Waals surface area contributed by atoms with Crippen molar-refractivity contribution in [2.24, 2.45) is 0 Å². The molecule has 0 bridgehead atoms. The second-order valence-electron chi connectivity index (χ2n) is 6.62. The minimum Gasteiger partial charge on any atom is -0.494 e. The molecule has 4 aromatic rings. The van der Waals surface area contributed by atoms with Crippen LogP contribution in [0.3, 0.4) is 0 Å². The minimum absolute atomic E-state index is 0.0735. The van der Waals surface area contributed by atoms with E-state index in [4.69, 9.17) is 4.74 Å². The number of carbonyl (C=O) groups is 1. The van der Waals surface area contributed by atoms with E-state index in [0.717, 1.165) is 29.4 Å². The van der Waals surface area contributed by atoms with Crippen LogP contribution in [0.15, 0.2) is 55.0 Å². The third-order valence-electron chi connectivity index (χ3n) is 4.55. The van der Waals surface area contributed by atoms with Crippen LogP contribution in [0.2, 0.25) is 0 Å². The fourth-order valence-electron chi connectivity index (χ4n) is 3.27. The summed E-state index contributed by atoms with van der Waals surface area (Å²) in [5.41, 5.74) is 2.48. The highest BCUT2D eigenvalue weighted by Crippen LogP contribution is 2.26. The van der Waals surface area contributed by atoms with Gasteiger partial charge in [-0.2, -0.15) is 10.2 Å². The molecule has 148 valence electrons. The summed E-state index contributed by atoms with van der Waals surface area (Å²) in [7, 11) is 1.60. The summed E-state index contributed by atoms with van der Waals surface area (Å²) in [5.74, 6) is 1.03. The average molecular weight is 390 g/mol. The maximum absolute atomic E-state index is 12.6. The molecule has 0 aliphatic carbocycles. The van der Waals surface area contributed by atoms with Gasteiger partial charge < -0.3 is 10.1 Å². The average Bonchev–Trinajstić information content (AvgIpc) is 3.34. The van der Waals surface area contributed by atoms with Crippen LogP contribution in [0.5, 0.6) is 5.75 Å². The first-order chi connectivity index (χ1) is 14.2. The van der Waals surface area contributed by atoms with E-state index in [-0.39, 0.29) is 12.5 Å². The Kier molecular flexibility index (Phi) is 5.24. The van der Waals surface area contributed by atoms with Gasteiger partial charge in [-0.1, -0.05) is 19.1 Å². The van der Waals surface area contributed by atoms with Crippen LogP contribution in [-0.4, -0.2) is 37.6 Å². The van der Waals surface area contributed by atoms with Crippen molar-refractivity contribution in [3.05, 3.63) is 55.0 Å². The third kappa shape index (κ3) is 3.82. The van der Waals surface area contributed by atoms with Gasteiger partial charge in [0.25, 0.3) is 0 Å². The zero-order valence-electron chi connectivity index (χ0n) is 16.4. The van der Waals surface area contributed by atoms with Gasteiger partial charge in [-0.05, 0) is 30.7 Å². The Morgan fingerprint density at radius 3 is 2.90 bits per heavy atom. The van der Waals surface area contributed by atoms with Crippen molar-refractivity contribution in [2.75, 3.05) is 12.4 Å². The lowest BCUT2D eigenvalue weighted by atomic mass is 10.2. The maximum atomic E-state index is 12.6. The molecule has 1 aromatic carbocycles. The number of pyridine rings is 1. The summed E-state index contributed by atoms with van der Waals surface area (Å²) in [5, 5.41) is 12.7. The van der Waals surface area contributed by atoms with Gasteiger partial charge in [-0.3, -0.25) is 19.1 Å². The molecule has 1 amide bonds. The van der Waals surface area contributed by atoms with Gasteiger partial charge in [0.05, 0.1) is 18.8 Å². The van der Waals surface area contributed by atoms with E-state index in [0.29, 0.717) is 17.3 Å². The second kappa shape index (κ2) is 8.14. The van der Waals surface area contributed by atoms with E-state index >= 15 is 0 Å². The van der Waals surface area contributed by atoms with Gasteiger partial charge in [0.1, 0.15) is 18.0 Å². The Bertz CT molecular complexity index is 1150. The fourth-order valence-corrected chi connectivity index (χ4v) is 3.27. The van der Waals surface area contributed by atoms with Crippen LogP contribution in [0, 0.1) is 0 Å². The molecule has 0 aliphatic rings. The Labute approximate surface area is 168 Å². The van der Waals surface area contributed by atoms with E-state index in [9.17, 15) is 4.79 Å². The number of methoxy groups -OCH3 is 1. The molecule has 0 fully saturated rings. The summed E-state index contributed by atoms with van der Waals surface area (Å²) in [6, 6.07) is 11.5. The monoisotopic (exact) mass is 390 g/mol. The topological polar surface area (TPSA) is 86.9 Å². The fraction of sp³-hybridized carbons (Fsp3) is 0.238. The molecule has 4 rings (SSSR count). The number of hydrogen-bond acceptors (Lipinski definition) is 5. The Morgan fingerprint density at radius 1 is 1.21 bits per heavy atom. The molecule has 8 heteroatoms. The molecule has 0 atom stereocenters. The Balaban J connectivity index is 1.51. The number of nitrogens with zero attached hydrogens (tertiary/aromatic N) is 5. The largest absolute Gasteiger partial charge is 0.494 e. The molecular weight excluding hydrogens is 368 g/mol. The number of amides is 1. The Morgan fingerprint density at radius 2 is 2.07 bits per heavy atom. The zero-order valence-corrected chi connectivity index (χ0v) is 16.4. The number of aromatic nitrogens is 5. The first-order valence-electron chi connectivity index (χ1n) is 9.47. The van der Waals surface area contributed by atoms with Gasteiger partial charge in [-0.25, -0.2) is 0 Å². The second-order valence-corrected chi connectivity index (χ2v) is 6.62. The van der Waals surface area contributed by atoms with Crippen LogP contribution < -0.4 is 10.1 Å². The zero-order chi connectivity index (χ0) is 20.2. The quantitative estimate of drug-likeness (QED) is 0.523. The van der Waals surface area contributed by atoms with Crippen LogP contribution in [-0.2, 0) is 17.9 Å². The molecule has 0 saturated heterocycles. The lowest BCUT2D eigenvalue weighted by Crippen LogP contribution is -2.19. The van der Waals surface area contributed by atoms with E-state index in [2.05, 4.69) is 27.4 Å². The van der Waals surface area contributed by atoms with E-state index in [1.807, 2.05) is 41.1 Å². The standard InChI is InChI=1S/C21H22N6O2/c1-3-11-27-17-8-5-4-7-16(17)21(25-27)24-19(28)14-26-13-15(12-23-26)20-18(29-2)9-6-10-22-20/h4-10,12-13H,3,11,14H2,1-2H3,(H,24,25,28). The molecule has 0 unspecified atom stereocenters. The number of ether oxygens (including phenoxy) is 1. The normalized spacial score (nSPS) is 11.0. The van der Waals surface area contributed by atoms with Crippen LogP contribution >= 0.6 is 0 Å². The van der Waals surface area contributed by atoms with E-state index in [1.54, 1.807) is 30.4 Å². The van der Waals surface area contributed by atoms with Crippen LogP contribution in [0.4, 0.5) is 5.82 Å². The number of fused-ring (bicyclic) bond motifs is 1. The molecule has 29 heavy (non-hydrogen) atoms. The third-order valence-corrected chi connectivity index (χ3v) is 4.55.